The van der Waals surface area contributed by atoms with Crippen molar-refractivity contribution in [3.05, 3.63) is 24.3 Å². The maximum absolute atomic E-state index is 3.67. The third-order valence-corrected chi connectivity index (χ3v) is 1.99. The molecule has 1 fully saturated rings. The van der Waals surface area contributed by atoms with Crippen LogP contribution in [0.25, 0.3) is 0 Å². The molecule has 1 saturated heterocycles. The summed E-state index contributed by atoms with van der Waals surface area (Å²) in [6.45, 7) is 15.0. The predicted molar refractivity (Wildman–Crippen MR) is 67.7 cm³/mol. The summed E-state index contributed by atoms with van der Waals surface area (Å²) < 4.78 is 0. The van der Waals surface area contributed by atoms with Gasteiger partial charge in [-0.1, -0.05) is 52.0 Å². The van der Waals surface area contributed by atoms with Gasteiger partial charge in [-0.15, -0.1) is 0 Å². The van der Waals surface area contributed by atoms with E-state index in [1.165, 1.54) is 25.0 Å². The molecule has 0 amide bonds. The van der Waals surface area contributed by atoms with E-state index in [9.17, 15) is 0 Å². The molecule has 0 spiro atoms. The Kier molecular flexibility index (Phi) is 14.1. The van der Waals surface area contributed by atoms with Crippen molar-refractivity contribution in [2.24, 2.45) is 0 Å². The number of hydrogen-bond donors (Lipinski definition) is 1. The minimum absolute atomic E-state index is 0.623. The van der Waals surface area contributed by atoms with E-state index >= 15 is 0 Å². The summed E-state index contributed by atoms with van der Waals surface area (Å²) in [5, 5.41) is 3.43. The first-order valence-corrected chi connectivity index (χ1v) is 5.87. The van der Waals surface area contributed by atoms with Crippen LogP contribution in [0.3, 0.4) is 0 Å². The summed E-state index contributed by atoms with van der Waals surface area (Å²) in [5.41, 5.74) is 1.41. The third kappa shape index (κ3) is 6.90. The first-order chi connectivity index (χ1) is 6.84. The molecule has 0 saturated carbocycles. The Balaban J connectivity index is 0. The Bertz CT molecular complexity index is 141. The van der Waals surface area contributed by atoms with E-state index in [-0.39, 0.29) is 0 Å². The first kappa shape index (κ1) is 15.9. The highest BCUT2D eigenvalue weighted by Gasteiger charge is 2.14. The normalized spacial score (nSPS) is 20.1. The quantitative estimate of drug-likeness (QED) is 0.662. The number of hydrogen-bond acceptors (Lipinski definition) is 1. The summed E-state index contributed by atoms with van der Waals surface area (Å²) in [5.74, 6) is 0. The van der Waals surface area contributed by atoms with Crippen LogP contribution >= 0.6 is 0 Å². The molecule has 1 heterocycles. The summed E-state index contributed by atoms with van der Waals surface area (Å²) in [4.78, 5) is 0. The summed E-state index contributed by atoms with van der Waals surface area (Å²) in [6.07, 6.45) is 6.54. The van der Waals surface area contributed by atoms with Gasteiger partial charge in [0.1, 0.15) is 0 Å². The number of rotatable bonds is 2. The van der Waals surface area contributed by atoms with Crippen molar-refractivity contribution in [1.82, 2.24) is 5.32 Å². The molecule has 0 aliphatic carbocycles. The highest BCUT2D eigenvalue weighted by atomic mass is 14.9. The van der Waals surface area contributed by atoms with Crippen LogP contribution < -0.4 is 5.32 Å². The second-order valence-electron chi connectivity index (χ2n) is 2.80. The molecule has 1 nitrogen and oxygen atoms in total. The molecule has 0 aromatic rings. The van der Waals surface area contributed by atoms with Crippen molar-refractivity contribution in [1.29, 1.82) is 0 Å². The topological polar surface area (TPSA) is 12.0 Å². The van der Waals surface area contributed by atoms with Crippen LogP contribution in [0.4, 0.5) is 0 Å². The molecule has 1 rings (SSSR count). The molecule has 1 atom stereocenters. The molecule has 1 heteroatoms. The van der Waals surface area contributed by atoms with E-state index in [0.29, 0.717) is 6.04 Å². The Morgan fingerprint density at radius 2 is 1.86 bits per heavy atom. The minimum Gasteiger partial charge on any atom is -0.310 e. The van der Waals surface area contributed by atoms with Crippen LogP contribution in [0.15, 0.2) is 24.3 Å². The van der Waals surface area contributed by atoms with Crippen LogP contribution in [0, 0.1) is 0 Å². The molecular formula is C13H27N. The third-order valence-electron chi connectivity index (χ3n) is 1.99. The first-order valence-electron chi connectivity index (χ1n) is 5.87. The lowest BCUT2D eigenvalue weighted by Crippen LogP contribution is -2.22. The van der Waals surface area contributed by atoms with Crippen molar-refractivity contribution in [3.63, 3.8) is 0 Å². The smallest absolute Gasteiger partial charge is 0.0280 e. The van der Waals surface area contributed by atoms with Gasteiger partial charge >= 0.3 is 0 Å². The molecule has 1 unspecified atom stereocenters. The number of allylic oxidation sites excluding steroid dienone is 2. The fraction of sp³-hybridized carbons (Fsp3) is 0.692. The molecule has 1 aliphatic rings. The summed E-state index contributed by atoms with van der Waals surface area (Å²) in [6, 6.07) is 0.623. The van der Waals surface area contributed by atoms with Gasteiger partial charge in [0, 0.05) is 6.04 Å². The Labute approximate surface area is 90.3 Å². The van der Waals surface area contributed by atoms with E-state index in [2.05, 4.69) is 24.9 Å². The van der Waals surface area contributed by atoms with Gasteiger partial charge in [0.15, 0.2) is 0 Å². The lowest BCUT2D eigenvalue weighted by molar-refractivity contribution is 0.689. The zero-order chi connectivity index (χ0) is 11.4. The molecule has 0 radical (unpaired) electrons. The second-order valence-corrected chi connectivity index (χ2v) is 2.80. The predicted octanol–water partition coefficient (Wildman–Crippen LogP) is 3.92. The highest BCUT2D eigenvalue weighted by molar-refractivity contribution is 5.15. The maximum atomic E-state index is 3.67. The van der Waals surface area contributed by atoms with Crippen LogP contribution in [0.1, 0.15) is 47.5 Å². The lowest BCUT2D eigenvalue weighted by Gasteiger charge is -2.08. The van der Waals surface area contributed by atoms with E-state index < -0.39 is 0 Å². The molecule has 84 valence electrons. The molecule has 0 aromatic carbocycles. The van der Waals surface area contributed by atoms with Gasteiger partial charge in [-0.05, 0) is 26.3 Å². The van der Waals surface area contributed by atoms with Gasteiger partial charge in [-0.3, -0.25) is 0 Å². The molecule has 14 heavy (non-hydrogen) atoms. The summed E-state index contributed by atoms with van der Waals surface area (Å²) >= 11 is 0. The molecule has 1 N–H and O–H groups in total. The van der Waals surface area contributed by atoms with Crippen LogP contribution in [0.5, 0.6) is 0 Å². The average Bonchev–Trinajstić information content (AvgIpc) is 2.77. The molecule has 0 bridgehead atoms. The molecule has 1 aliphatic heterocycles. The number of nitrogens with one attached hydrogen (secondary N) is 1. The van der Waals surface area contributed by atoms with Gasteiger partial charge in [-0.25, -0.2) is 0 Å². The highest BCUT2D eigenvalue weighted by Crippen LogP contribution is 2.12. The average molecular weight is 197 g/mol. The van der Waals surface area contributed by atoms with Crippen molar-refractivity contribution in [2.45, 2.75) is 53.5 Å². The Morgan fingerprint density at radius 3 is 2.21 bits per heavy atom. The largest absolute Gasteiger partial charge is 0.310 e. The van der Waals surface area contributed by atoms with E-state index in [1.54, 1.807) is 0 Å². The molecule has 0 aromatic heterocycles. The van der Waals surface area contributed by atoms with Crippen LogP contribution in [0.2, 0.25) is 0 Å². The fourth-order valence-corrected chi connectivity index (χ4v) is 1.38. The van der Waals surface area contributed by atoms with Crippen molar-refractivity contribution in [3.8, 4) is 0 Å². The summed E-state index contributed by atoms with van der Waals surface area (Å²) in [7, 11) is 0. The fourth-order valence-electron chi connectivity index (χ4n) is 1.38. The zero-order valence-corrected chi connectivity index (χ0v) is 10.6. The van der Waals surface area contributed by atoms with E-state index in [1.807, 2.05) is 33.8 Å². The monoisotopic (exact) mass is 197 g/mol. The van der Waals surface area contributed by atoms with Crippen LogP contribution in [-0.2, 0) is 0 Å². The van der Waals surface area contributed by atoms with Gasteiger partial charge in [-0.2, -0.15) is 0 Å². The minimum atomic E-state index is 0.623. The van der Waals surface area contributed by atoms with Gasteiger partial charge in [0.05, 0.1) is 0 Å². The van der Waals surface area contributed by atoms with Gasteiger partial charge in [0.25, 0.3) is 0 Å². The van der Waals surface area contributed by atoms with Crippen molar-refractivity contribution < 1.29 is 0 Å². The Hall–Kier alpha value is -0.560. The lowest BCUT2D eigenvalue weighted by atomic mass is 10.1. The second kappa shape index (κ2) is 12.4. The van der Waals surface area contributed by atoms with Gasteiger partial charge < -0.3 is 5.32 Å². The van der Waals surface area contributed by atoms with Crippen molar-refractivity contribution >= 4 is 0 Å². The van der Waals surface area contributed by atoms with Gasteiger partial charge in [0.2, 0.25) is 0 Å². The standard InChI is InChI=1S/C9H15N.2C2H6/c1-3-5-8(2)9-6-4-7-10-9;2*1-2/h3,5,9-10H,1,4,6-7H2,2H3;2*1-2H3/b8-5+;;. The van der Waals surface area contributed by atoms with E-state index in [0.717, 1.165) is 0 Å². The van der Waals surface area contributed by atoms with Crippen molar-refractivity contribution in [2.75, 3.05) is 6.54 Å². The zero-order valence-electron chi connectivity index (χ0n) is 10.6. The Morgan fingerprint density at radius 1 is 1.29 bits per heavy atom. The SMILES string of the molecule is C=C/C=C(\C)C1CCCN1.CC.CC. The van der Waals surface area contributed by atoms with E-state index in [4.69, 9.17) is 0 Å². The van der Waals surface area contributed by atoms with Crippen LogP contribution in [-0.4, -0.2) is 12.6 Å². The maximum Gasteiger partial charge on any atom is 0.0280 e. The molecular weight excluding hydrogens is 170 g/mol.